The summed E-state index contributed by atoms with van der Waals surface area (Å²) in [5, 5.41) is 0. The highest BCUT2D eigenvalue weighted by atomic mass is 32.2. The number of nitrogens with one attached hydrogen (secondary N) is 2. The summed E-state index contributed by atoms with van der Waals surface area (Å²) in [4.78, 5) is 7.49. The largest absolute Gasteiger partial charge is 0.492 e. The molecule has 3 aromatic rings. The molecule has 0 aliphatic heterocycles. The van der Waals surface area contributed by atoms with Gasteiger partial charge in [-0.05, 0) is 54.6 Å². The fraction of sp³-hybridized carbons (Fsp3) is 0.111. The standard InChI is InChI=1S/C18H17FN4O5S2/c19-14-2-6-16(7-3-14)28-12-13-29(24,25)22-15-4-8-17(9-5-15)30(26,27)23-18-20-10-1-11-21-18/h1-11,22H,12-13H2,(H,20,21,23). The Bertz CT molecular complexity index is 1190. The van der Waals surface area contributed by atoms with Crippen LogP contribution in [0.4, 0.5) is 16.0 Å². The number of nitrogens with zero attached hydrogens (tertiary/aromatic N) is 2. The number of aromatic nitrogens is 2. The van der Waals surface area contributed by atoms with Crippen molar-refractivity contribution in [2.45, 2.75) is 4.90 Å². The third kappa shape index (κ3) is 6.12. The van der Waals surface area contributed by atoms with Crippen LogP contribution in [0.5, 0.6) is 5.75 Å². The first kappa shape index (κ1) is 21.5. The van der Waals surface area contributed by atoms with Crippen molar-refractivity contribution >= 4 is 31.7 Å². The SMILES string of the molecule is O=S(=O)(CCOc1ccc(F)cc1)Nc1ccc(S(=O)(=O)Nc2ncccn2)cc1. The van der Waals surface area contributed by atoms with E-state index in [2.05, 4.69) is 19.4 Å². The van der Waals surface area contributed by atoms with Gasteiger partial charge in [0.1, 0.15) is 23.9 Å². The van der Waals surface area contributed by atoms with Crippen LogP contribution >= 0.6 is 0 Å². The molecule has 158 valence electrons. The van der Waals surface area contributed by atoms with E-state index in [0.29, 0.717) is 5.75 Å². The minimum absolute atomic E-state index is 0.0802. The molecule has 0 saturated heterocycles. The number of halogens is 1. The van der Waals surface area contributed by atoms with E-state index < -0.39 is 25.9 Å². The Kier molecular flexibility index (Phi) is 6.47. The molecule has 0 fully saturated rings. The Morgan fingerprint density at radius 1 is 0.867 bits per heavy atom. The first-order valence-corrected chi connectivity index (χ1v) is 11.7. The number of ether oxygens (including phenoxy) is 1. The summed E-state index contributed by atoms with van der Waals surface area (Å²) in [5.74, 6) is -0.509. The molecule has 2 N–H and O–H groups in total. The number of rotatable bonds is 9. The highest BCUT2D eigenvalue weighted by molar-refractivity contribution is 7.93. The van der Waals surface area contributed by atoms with Crippen molar-refractivity contribution in [2.75, 3.05) is 21.8 Å². The van der Waals surface area contributed by atoms with E-state index in [1.807, 2.05) is 0 Å². The van der Waals surface area contributed by atoms with Gasteiger partial charge < -0.3 is 4.74 Å². The van der Waals surface area contributed by atoms with Crippen molar-refractivity contribution in [1.82, 2.24) is 9.97 Å². The van der Waals surface area contributed by atoms with Crippen molar-refractivity contribution in [1.29, 1.82) is 0 Å². The lowest BCUT2D eigenvalue weighted by atomic mass is 10.3. The molecule has 30 heavy (non-hydrogen) atoms. The molecule has 0 spiro atoms. The highest BCUT2D eigenvalue weighted by Crippen LogP contribution is 2.17. The molecule has 3 rings (SSSR count). The second-order valence-corrected chi connectivity index (χ2v) is 9.45. The van der Waals surface area contributed by atoms with E-state index in [9.17, 15) is 21.2 Å². The first-order valence-electron chi connectivity index (χ1n) is 8.52. The third-order valence-electron chi connectivity index (χ3n) is 3.66. The van der Waals surface area contributed by atoms with Crippen molar-refractivity contribution in [3.05, 3.63) is 72.8 Å². The van der Waals surface area contributed by atoms with Crippen LogP contribution in [0.25, 0.3) is 0 Å². The van der Waals surface area contributed by atoms with Crippen LogP contribution in [-0.4, -0.2) is 39.2 Å². The maximum absolute atomic E-state index is 12.8. The molecule has 0 saturated carbocycles. The van der Waals surface area contributed by atoms with Crippen molar-refractivity contribution in [2.24, 2.45) is 0 Å². The maximum Gasteiger partial charge on any atom is 0.264 e. The van der Waals surface area contributed by atoms with E-state index in [0.717, 1.165) is 0 Å². The summed E-state index contributed by atoms with van der Waals surface area (Å²) < 4.78 is 71.7. The number of sulfonamides is 2. The second-order valence-electron chi connectivity index (χ2n) is 5.93. The van der Waals surface area contributed by atoms with Crippen LogP contribution in [-0.2, 0) is 20.0 Å². The van der Waals surface area contributed by atoms with E-state index in [1.165, 1.54) is 60.9 Å². The molecular weight excluding hydrogens is 435 g/mol. The van der Waals surface area contributed by atoms with Gasteiger partial charge in [-0.15, -0.1) is 0 Å². The molecule has 0 amide bonds. The zero-order chi connectivity index (χ0) is 21.6. The smallest absolute Gasteiger partial charge is 0.264 e. The van der Waals surface area contributed by atoms with Crippen molar-refractivity contribution in [3.63, 3.8) is 0 Å². The van der Waals surface area contributed by atoms with Gasteiger partial charge in [-0.2, -0.15) is 0 Å². The Morgan fingerprint density at radius 2 is 1.50 bits per heavy atom. The van der Waals surface area contributed by atoms with E-state index in [4.69, 9.17) is 4.74 Å². The summed E-state index contributed by atoms with van der Waals surface area (Å²) in [6.45, 7) is -0.144. The second kappa shape index (κ2) is 9.05. The van der Waals surface area contributed by atoms with Crippen molar-refractivity contribution < 1.29 is 26.0 Å². The topological polar surface area (TPSA) is 127 Å². The van der Waals surface area contributed by atoms with Crippen LogP contribution in [0.15, 0.2) is 71.9 Å². The third-order valence-corrected chi connectivity index (χ3v) is 6.26. The highest BCUT2D eigenvalue weighted by Gasteiger charge is 2.16. The van der Waals surface area contributed by atoms with Gasteiger partial charge in [-0.1, -0.05) is 0 Å². The van der Waals surface area contributed by atoms with Crippen molar-refractivity contribution in [3.8, 4) is 5.75 Å². The minimum atomic E-state index is -3.92. The number of hydrogen-bond donors (Lipinski definition) is 2. The molecule has 1 aromatic heterocycles. The average molecular weight is 452 g/mol. The van der Waals surface area contributed by atoms with Gasteiger partial charge in [0.2, 0.25) is 16.0 Å². The van der Waals surface area contributed by atoms with Gasteiger partial charge in [-0.25, -0.2) is 35.9 Å². The van der Waals surface area contributed by atoms with Gasteiger partial charge >= 0.3 is 0 Å². The average Bonchev–Trinajstić information content (AvgIpc) is 2.70. The molecule has 0 bridgehead atoms. The van der Waals surface area contributed by atoms with Gasteiger partial charge in [0.25, 0.3) is 10.0 Å². The van der Waals surface area contributed by atoms with Gasteiger partial charge in [-0.3, -0.25) is 4.72 Å². The normalized spacial score (nSPS) is 11.6. The van der Waals surface area contributed by atoms with E-state index >= 15 is 0 Å². The number of anilines is 2. The predicted octanol–water partition coefficient (Wildman–Crippen LogP) is 2.24. The fourth-order valence-corrected chi connectivity index (χ4v) is 4.12. The maximum atomic E-state index is 12.8. The zero-order valence-electron chi connectivity index (χ0n) is 15.4. The number of benzene rings is 2. The van der Waals surface area contributed by atoms with Gasteiger partial charge in [0.05, 0.1) is 4.90 Å². The monoisotopic (exact) mass is 452 g/mol. The first-order chi connectivity index (χ1) is 14.2. The lowest BCUT2D eigenvalue weighted by molar-refractivity contribution is 0.340. The molecule has 0 aliphatic rings. The number of hydrogen-bond acceptors (Lipinski definition) is 7. The molecular formula is C18H17FN4O5S2. The summed E-state index contributed by atoms with van der Waals surface area (Å²) in [6.07, 6.45) is 2.78. The summed E-state index contributed by atoms with van der Waals surface area (Å²) in [6, 6.07) is 11.9. The van der Waals surface area contributed by atoms with E-state index in [-0.39, 0.29) is 28.9 Å². The molecule has 2 aromatic carbocycles. The lowest BCUT2D eigenvalue weighted by Gasteiger charge is -2.10. The van der Waals surface area contributed by atoms with Crippen LogP contribution in [0, 0.1) is 5.82 Å². The molecule has 12 heteroatoms. The predicted molar refractivity (Wildman–Crippen MR) is 109 cm³/mol. The molecule has 0 radical (unpaired) electrons. The summed E-state index contributed by atoms with van der Waals surface area (Å²) in [7, 11) is -7.66. The van der Waals surface area contributed by atoms with Gasteiger partial charge in [0.15, 0.2) is 0 Å². The minimum Gasteiger partial charge on any atom is -0.492 e. The van der Waals surface area contributed by atoms with Crippen LogP contribution in [0.2, 0.25) is 0 Å². The van der Waals surface area contributed by atoms with Gasteiger partial charge in [0, 0.05) is 18.1 Å². The lowest BCUT2D eigenvalue weighted by Crippen LogP contribution is -2.21. The van der Waals surface area contributed by atoms with Crippen LogP contribution < -0.4 is 14.2 Å². The Morgan fingerprint density at radius 3 is 2.13 bits per heavy atom. The Balaban J connectivity index is 1.58. The van der Waals surface area contributed by atoms with Crippen LogP contribution in [0.1, 0.15) is 0 Å². The Labute approximate surface area is 173 Å². The molecule has 0 unspecified atom stereocenters. The quantitative estimate of drug-likeness (QED) is 0.510. The molecule has 1 heterocycles. The van der Waals surface area contributed by atoms with Crippen LogP contribution in [0.3, 0.4) is 0 Å². The fourth-order valence-electron chi connectivity index (χ4n) is 2.26. The summed E-state index contributed by atoms with van der Waals surface area (Å²) >= 11 is 0. The molecule has 0 aliphatic carbocycles. The Hall–Kier alpha value is -3.25. The zero-order valence-corrected chi connectivity index (χ0v) is 17.0. The molecule has 9 nitrogen and oxygen atoms in total. The van der Waals surface area contributed by atoms with E-state index in [1.54, 1.807) is 6.07 Å². The molecule has 0 atom stereocenters. The summed E-state index contributed by atoms with van der Waals surface area (Å²) in [5.41, 5.74) is 0.187.